The minimum Gasteiger partial charge on any atom is -0.467 e. The van der Waals surface area contributed by atoms with E-state index in [0.29, 0.717) is 5.75 Å². The van der Waals surface area contributed by atoms with Crippen molar-refractivity contribution < 1.29 is 14.6 Å². The molecule has 16 heavy (non-hydrogen) atoms. The highest BCUT2D eigenvalue weighted by molar-refractivity contribution is 8.93. The molecule has 0 fully saturated rings. The normalized spacial score (nSPS) is 21.3. The number of ether oxygens (including phenoxy) is 2. The van der Waals surface area contributed by atoms with E-state index in [-0.39, 0.29) is 22.0 Å². The molecule has 0 saturated carbocycles. The summed E-state index contributed by atoms with van der Waals surface area (Å²) in [7, 11) is 0. The van der Waals surface area contributed by atoms with Crippen LogP contribution < -0.4 is 4.74 Å². The molecular weight excluding hydrogens is 294 g/mol. The van der Waals surface area contributed by atoms with Crippen LogP contribution in [-0.4, -0.2) is 22.7 Å². The predicted molar refractivity (Wildman–Crippen MR) is 68.6 cm³/mol. The van der Waals surface area contributed by atoms with E-state index < -0.39 is 12.4 Å². The lowest BCUT2D eigenvalue weighted by atomic mass is 10.1. The highest BCUT2D eigenvalue weighted by Crippen LogP contribution is 2.37. The average molecular weight is 304 g/mol. The van der Waals surface area contributed by atoms with Crippen LogP contribution in [0.1, 0.15) is 11.7 Å². The molecule has 1 aromatic carbocycles. The summed E-state index contributed by atoms with van der Waals surface area (Å²) in [6.45, 7) is 0. The Bertz CT molecular complexity index is 413. The number of rotatable bonds is 2. The van der Waals surface area contributed by atoms with Crippen LogP contribution in [0.2, 0.25) is 0 Å². The first kappa shape index (κ1) is 13.1. The summed E-state index contributed by atoms with van der Waals surface area (Å²) in [5.74, 6) is 0.586. The number of nitrogens with one attached hydrogen (secondary N) is 1. The maximum absolute atomic E-state index is 9.57. The van der Waals surface area contributed by atoms with Crippen LogP contribution in [0.25, 0.3) is 0 Å². The van der Waals surface area contributed by atoms with Gasteiger partial charge in [-0.25, -0.2) is 0 Å². The zero-order chi connectivity index (χ0) is 10.8. The first-order chi connectivity index (χ1) is 7.22. The molecule has 0 spiro atoms. The quantitative estimate of drug-likeness (QED) is 0.648. The van der Waals surface area contributed by atoms with Crippen molar-refractivity contribution in [2.45, 2.75) is 12.4 Å². The number of halogens is 1. The van der Waals surface area contributed by atoms with Crippen LogP contribution in [0.4, 0.5) is 0 Å². The Morgan fingerprint density at radius 1 is 1.50 bits per heavy atom. The molecule has 2 N–H and O–H groups in total. The molecule has 0 radical (unpaired) electrons. The number of thiocarbonyl (C=S) groups is 1. The summed E-state index contributed by atoms with van der Waals surface area (Å²) < 4.78 is 10.4. The van der Waals surface area contributed by atoms with Gasteiger partial charge in [0.1, 0.15) is 5.75 Å². The second kappa shape index (κ2) is 5.38. The van der Waals surface area contributed by atoms with Crippen molar-refractivity contribution in [1.82, 2.24) is 0 Å². The third kappa shape index (κ3) is 2.40. The van der Waals surface area contributed by atoms with E-state index in [9.17, 15) is 5.11 Å². The Hall–Kier alpha value is -0.980. The summed E-state index contributed by atoms with van der Waals surface area (Å²) in [6.07, 6.45) is -0.793. The Morgan fingerprint density at radius 3 is 2.88 bits per heavy atom. The first-order valence-corrected chi connectivity index (χ1v) is 4.78. The zero-order valence-electron chi connectivity index (χ0n) is 8.12. The lowest BCUT2D eigenvalue weighted by molar-refractivity contribution is -0.0750. The maximum Gasteiger partial charge on any atom is 0.239 e. The van der Waals surface area contributed by atoms with E-state index in [1.807, 2.05) is 12.1 Å². The predicted octanol–water partition coefficient (Wildman–Crippen LogP) is 2.01. The topological polar surface area (TPSA) is 62.5 Å². The van der Waals surface area contributed by atoms with Gasteiger partial charge in [-0.2, -0.15) is 0 Å². The third-order valence-corrected chi connectivity index (χ3v) is 2.31. The van der Waals surface area contributed by atoms with Gasteiger partial charge in [0.15, 0.2) is 6.10 Å². The molecule has 1 heterocycles. The van der Waals surface area contributed by atoms with E-state index in [1.165, 1.54) is 0 Å². The van der Waals surface area contributed by atoms with E-state index in [0.717, 1.165) is 11.8 Å². The molecule has 0 aromatic heterocycles. The molecule has 2 atom stereocenters. The number of hydrogen-bond acceptors (Lipinski definition) is 5. The van der Waals surface area contributed by atoms with E-state index >= 15 is 0 Å². The van der Waals surface area contributed by atoms with Gasteiger partial charge in [0.2, 0.25) is 11.3 Å². The number of benzene rings is 1. The molecule has 0 saturated heterocycles. The van der Waals surface area contributed by atoms with Gasteiger partial charge in [-0.3, -0.25) is 0 Å². The Labute approximate surface area is 108 Å². The van der Waals surface area contributed by atoms with Crippen LogP contribution in [-0.2, 0) is 4.74 Å². The summed E-state index contributed by atoms with van der Waals surface area (Å²) in [5.41, 5.74) is 0.745. The van der Waals surface area contributed by atoms with Gasteiger partial charge < -0.3 is 20.0 Å². The summed E-state index contributed by atoms with van der Waals surface area (Å²) >= 11 is 4.74. The van der Waals surface area contributed by atoms with Crippen molar-refractivity contribution in [2.75, 3.05) is 0 Å². The van der Waals surface area contributed by atoms with Gasteiger partial charge in [0.25, 0.3) is 0 Å². The minimum absolute atomic E-state index is 0. The molecule has 0 aliphatic carbocycles. The van der Waals surface area contributed by atoms with Crippen LogP contribution in [0.15, 0.2) is 24.3 Å². The fraction of sp³-hybridized carbons (Fsp3) is 0.200. The maximum atomic E-state index is 9.57. The zero-order valence-corrected chi connectivity index (χ0v) is 10.7. The molecule has 1 aliphatic heterocycles. The standard InChI is InChI=1S/C10H9NO3S.BrH/c11-5-8(15)14-9-6-3-1-2-4-7(6)13-10(9)12;/h1-5,9-12H;1H. The first-order valence-electron chi connectivity index (χ1n) is 4.37. The monoisotopic (exact) mass is 303 g/mol. The van der Waals surface area contributed by atoms with Crippen LogP contribution >= 0.6 is 29.2 Å². The summed E-state index contributed by atoms with van der Waals surface area (Å²) in [6, 6.07) is 7.17. The van der Waals surface area contributed by atoms with E-state index in [1.54, 1.807) is 12.1 Å². The van der Waals surface area contributed by atoms with Crippen molar-refractivity contribution in [1.29, 1.82) is 5.41 Å². The van der Waals surface area contributed by atoms with Gasteiger partial charge in [0.05, 0.1) is 6.21 Å². The molecule has 6 heteroatoms. The van der Waals surface area contributed by atoms with Crippen molar-refractivity contribution in [3.63, 3.8) is 0 Å². The van der Waals surface area contributed by atoms with Crippen molar-refractivity contribution in [3.8, 4) is 5.75 Å². The van der Waals surface area contributed by atoms with Crippen LogP contribution in [0.5, 0.6) is 5.75 Å². The molecule has 86 valence electrons. The lowest BCUT2D eigenvalue weighted by Gasteiger charge is -2.14. The molecule has 0 bridgehead atoms. The van der Waals surface area contributed by atoms with E-state index in [4.69, 9.17) is 27.1 Å². The smallest absolute Gasteiger partial charge is 0.239 e. The molecule has 2 rings (SSSR count). The number of fused-ring (bicyclic) bond motifs is 1. The number of aliphatic hydroxyl groups excluding tert-OH is 1. The number of aliphatic hydroxyl groups is 1. The molecule has 1 aliphatic rings. The second-order valence-electron chi connectivity index (χ2n) is 3.05. The largest absolute Gasteiger partial charge is 0.467 e. The highest BCUT2D eigenvalue weighted by Gasteiger charge is 2.34. The number of hydrogen-bond donors (Lipinski definition) is 2. The van der Waals surface area contributed by atoms with Crippen LogP contribution in [0.3, 0.4) is 0 Å². The van der Waals surface area contributed by atoms with Crippen LogP contribution in [0, 0.1) is 5.41 Å². The second-order valence-corrected chi connectivity index (χ2v) is 3.45. The molecule has 1 aromatic rings. The lowest BCUT2D eigenvalue weighted by Crippen LogP contribution is -2.22. The minimum atomic E-state index is -1.07. The fourth-order valence-electron chi connectivity index (χ4n) is 1.45. The van der Waals surface area contributed by atoms with Crippen molar-refractivity contribution in [2.24, 2.45) is 0 Å². The Balaban J connectivity index is 0.00000128. The van der Waals surface area contributed by atoms with Gasteiger partial charge in [-0.1, -0.05) is 18.2 Å². The summed E-state index contributed by atoms with van der Waals surface area (Å²) in [5, 5.41) is 16.5. The van der Waals surface area contributed by atoms with Gasteiger partial charge in [-0.15, -0.1) is 17.0 Å². The van der Waals surface area contributed by atoms with Gasteiger partial charge in [0, 0.05) is 5.56 Å². The van der Waals surface area contributed by atoms with E-state index in [2.05, 4.69) is 0 Å². The summed E-state index contributed by atoms with van der Waals surface area (Å²) in [4.78, 5) is 0. The molecule has 2 unspecified atom stereocenters. The average Bonchev–Trinajstić information content (AvgIpc) is 2.55. The SMILES string of the molecule is Br.N=CC(=S)OC1c2ccccc2OC1O. The third-order valence-electron chi connectivity index (χ3n) is 2.09. The molecule has 4 nitrogen and oxygen atoms in total. The Morgan fingerprint density at radius 2 is 2.19 bits per heavy atom. The van der Waals surface area contributed by atoms with Crippen molar-refractivity contribution >= 4 is 40.5 Å². The Kier molecular flexibility index (Phi) is 4.40. The fourth-order valence-corrected chi connectivity index (χ4v) is 1.55. The van der Waals surface area contributed by atoms with Gasteiger partial charge in [-0.05, 0) is 18.3 Å². The number of para-hydroxylation sites is 1. The van der Waals surface area contributed by atoms with Crippen molar-refractivity contribution in [3.05, 3.63) is 29.8 Å². The highest BCUT2D eigenvalue weighted by atomic mass is 79.9. The van der Waals surface area contributed by atoms with Gasteiger partial charge >= 0.3 is 0 Å². The molecule has 0 amide bonds. The molecular formula is C10H10BrNO3S.